The molecule has 1 fully saturated rings. The molecule has 1 aliphatic heterocycles. The highest BCUT2D eigenvalue weighted by molar-refractivity contribution is 5.73. The van der Waals surface area contributed by atoms with Gasteiger partial charge in [0.1, 0.15) is 18.2 Å². The minimum atomic E-state index is -0.214. The molecular weight excluding hydrogens is 356 g/mol. The van der Waals surface area contributed by atoms with Crippen LogP contribution in [-0.4, -0.2) is 50.5 Å². The third-order valence-electron chi connectivity index (χ3n) is 4.57. The highest BCUT2D eigenvalue weighted by Crippen LogP contribution is 2.18. The van der Waals surface area contributed by atoms with E-state index in [1.165, 1.54) is 5.56 Å². The fraction of sp³-hybridized carbons (Fsp3) is 0.429. The van der Waals surface area contributed by atoms with E-state index in [1.54, 1.807) is 6.20 Å². The summed E-state index contributed by atoms with van der Waals surface area (Å²) in [4.78, 5) is 18.6. The van der Waals surface area contributed by atoms with Crippen molar-refractivity contribution in [3.8, 4) is 5.75 Å². The van der Waals surface area contributed by atoms with Gasteiger partial charge in [-0.05, 0) is 43.2 Å². The molecule has 0 bridgehead atoms. The number of pyridine rings is 1. The lowest BCUT2D eigenvalue weighted by atomic mass is 10.1. The number of morpholine rings is 1. The van der Waals surface area contributed by atoms with Gasteiger partial charge in [-0.2, -0.15) is 0 Å². The average molecular weight is 384 g/mol. The third kappa shape index (κ3) is 5.85. The Morgan fingerprint density at radius 2 is 2.00 bits per heavy atom. The molecule has 1 aromatic heterocycles. The monoisotopic (exact) mass is 384 g/mol. The number of carbonyl (C=O) groups excluding carboxylic acids is 1. The molecule has 0 spiro atoms. The summed E-state index contributed by atoms with van der Waals surface area (Å²) in [7, 11) is 0. The summed E-state index contributed by atoms with van der Waals surface area (Å²) in [5.74, 6) is 1.77. The number of rotatable bonds is 7. The second-order valence-electron chi connectivity index (χ2n) is 6.85. The summed E-state index contributed by atoms with van der Waals surface area (Å²) in [6, 6.07) is 9.76. The molecular formula is C21H28N4O3. The molecule has 0 atom stereocenters. The van der Waals surface area contributed by atoms with Crippen LogP contribution in [0.1, 0.15) is 16.7 Å². The maximum Gasteiger partial charge on any atom is 0.315 e. The van der Waals surface area contributed by atoms with Crippen molar-refractivity contribution < 1.29 is 14.3 Å². The standard InChI is InChI=1S/C21H28N4O3/c1-16-3-4-19(17(2)13-16)28-10-7-23-21(26)24-15-18-5-6-22-20(14-18)25-8-11-27-12-9-25/h3-6,13-14H,7-12,15H2,1-2H3,(H2,23,24,26). The van der Waals surface area contributed by atoms with E-state index in [-0.39, 0.29) is 6.03 Å². The maximum atomic E-state index is 12.0. The molecule has 7 nitrogen and oxygen atoms in total. The summed E-state index contributed by atoms with van der Waals surface area (Å²) in [6.45, 7) is 8.49. The zero-order valence-corrected chi connectivity index (χ0v) is 16.5. The summed E-state index contributed by atoms with van der Waals surface area (Å²) in [5, 5.41) is 5.68. The van der Waals surface area contributed by atoms with Crippen LogP contribution in [0.25, 0.3) is 0 Å². The molecule has 0 aliphatic carbocycles. The van der Waals surface area contributed by atoms with Crippen LogP contribution < -0.4 is 20.3 Å². The number of ether oxygens (including phenoxy) is 2. The molecule has 0 saturated carbocycles. The van der Waals surface area contributed by atoms with E-state index in [4.69, 9.17) is 9.47 Å². The van der Waals surface area contributed by atoms with Gasteiger partial charge in [0.15, 0.2) is 0 Å². The Labute approximate surface area is 166 Å². The lowest BCUT2D eigenvalue weighted by Gasteiger charge is -2.28. The van der Waals surface area contributed by atoms with Crippen molar-refractivity contribution in [2.45, 2.75) is 20.4 Å². The van der Waals surface area contributed by atoms with Crippen molar-refractivity contribution in [2.75, 3.05) is 44.4 Å². The van der Waals surface area contributed by atoms with Crippen LogP contribution in [0.2, 0.25) is 0 Å². The number of anilines is 1. The van der Waals surface area contributed by atoms with Gasteiger partial charge in [-0.1, -0.05) is 17.7 Å². The van der Waals surface area contributed by atoms with E-state index in [0.717, 1.165) is 49.0 Å². The summed E-state index contributed by atoms with van der Waals surface area (Å²) < 4.78 is 11.1. The quantitative estimate of drug-likeness (QED) is 0.717. The Bertz CT molecular complexity index is 791. The lowest BCUT2D eigenvalue weighted by Crippen LogP contribution is -2.38. The van der Waals surface area contributed by atoms with Gasteiger partial charge in [0, 0.05) is 25.8 Å². The number of aromatic nitrogens is 1. The van der Waals surface area contributed by atoms with Crippen LogP contribution in [0.4, 0.5) is 10.6 Å². The lowest BCUT2D eigenvalue weighted by molar-refractivity contribution is 0.122. The summed E-state index contributed by atoms with van der Waals surface area (Å²) in [5.41, 5.74) is 3.31. The number of hydrogen-bond acceptors (Lipinski definition) is 5. The largest absolute Gasteiger partial charge is 0.491 e. The average Bonchev–Trinajstić information content (AvgIpc) is 2.72. The molecule has 2 amide bonds. The first kappa shape index (κ1) is 19.9. The fourth-order valence-electron chi connectivity index (χ4n) is 3.07. The van der Waals surface area contributed by atoms with Crippen LogP contribution in [-0.2, 0) is 11.3 Å². The van der Waals surface area contributed by atoms with Gasteiger partial charge in [-0.3, -0.25) is 0 Å². The van der Waals surface area contributed by atoms with Crippen LogP contribution >= 0.6 is 0 Å². The van der Waals surface area contributed by atoms with Crippen LogP contribution in [0, 0.1) is 13.8 Å². The second kappa shape index (κ2) is 9.94. The summed E-state index contributed by atoms with van der Waals surface area (Å²) >= 11 is 0. The van der Waals surface area contributed by atoms with E-state index in [1.807, 2.05) is 31.2 Å². The molecule has 0 unspecified atom stereocenters. The van der Waals surface area contributed by atoms with Crippen molar-refractivity contribution in [3.05, 3.63) is 53.2 Å². The number of carbonyl (C=O) groups is 1. The number of hydrogen-bond donors (Lipinski definition) is 2. The van der Waals surface area contributed by atoms with Crippen molar-refractivity contribution in [3.63, 3.8) is 0 Å². The zero-order valence-electron chi connectivity index (χ0n) is 16.5. The predicted octanol–water partition coefficient (Wildman–Crippen LogP) is 2.41. The van der Waals surface area contributed by atoms with Crippen LogP contribution in [0.15, 0.2) is 36.5 Å². The minimum absolute atomic E-state index is 0.214. The molecule has 1 aliphatic rings. The maximum absolute atomic E-state index is 12.0. The molecule has 1 aromatic carbocycles. The molecule has 0 radical (unpaired) electrons. The van der Waals surface area contributed by atoms with Gasteiger partial charge in [0.2, 0.25) is 0 Å². The summed E-state index contributed by atoms with van der Waals surface area (Å²) in [6.07, 6.45) is 1.78. The van der Waals surface area contributed by atoms with Crippen molar-refractivity contribution in [1.82, 2.24) is 15.6 Å². The normalized spacial score (nSPS) is 13.9. The molecule has 2 N–H and O–H groups in total. The van der Waals surface area contributed by atoms with Gasteiger partial charge < -0.3 is 25.0 Å². The Hall–Kier alpha value is -2.80. The molecule has 3 rings (SSSR count). The van der Waals surface area contributed by atoms with E-state index in [2.05, 4.69) is 33.5 Å². The molecule has 2 aromatic rings. The van der Waals surface area contributed by atoms with Crippen molar-refractivity contribution in [1.29, 1.82) is 0 Å². The van der Waals surface area contributed by atoms with E-state index in [0.29, 0.717) is 19.7 Å². The molecule has 150 valence electrons. The number of nitrogens with zero attached hydrogens (tertiary/aromatic N) is 2. The highest BCUT2D eigenvalue weighted by Gasteiger charge is 2.12. The molecule has 7 heteroatoms. The van der Waals surface area contributed by atoms with Gasteiger partial charge >= 0.3 is 6.03 Å². The number of urea groups is 1. The van der Waals surface area contributed by atoms with Gasteiger partial charge in [-0.15, -0.1) is 0 Å². The van der Waals surface area contributed by atoms with Crippen LogP contribution in [0.3, 0.4) is 0 Å². The Morgan fingerprint density at radius 3 is 2.79 bits per heavy atom. The minimum Gasteiger partial charge on any atom is -0.491 e. The third-order valence-corrected chi connectivity index (χ3v) is 4.57. The first-order valence-corrected chi connectivity index (χ1v) is 9.61. The molecule has 28 heavy (non-hydrogen) atoms. The number of amides is 2. The van der Waals surface area contributed by atoms with Crippen molar-refractivity contribution >= 4 is 11.8 Å². The highest BCUT2D eigenvalue weighted by atomic mass is 16.5. The van der Waals surface area contributed by atoms with E-state index < -0.39 is 0 Å². The first-order valence-electron chi connectivity index (χ1n) is 9.61. The Balaban J connectivity index is 1.38. The SMILES string of the molecule is Cc1ccc(OCCNC(=O)NCc2ccnc(N3CCOCC3)c2)c(C)c1. The topological polar surface area (TPSA) is 75.7 Å². The zero-order chi connectivity index (χ0) is 19.8. The second-order valence-corrected chi connectivity index (χ2v) is 6.85. The molecule has 1 saturated heterocycles. The predicted molar refractivity (Wildman–Crippen MR) is 109 cm³/mol. The number of aryl methyl sites for hydroxylation is 2. The van der Waals surface area contributed by atoms with E-state index in [9.17, 15) is 4.79 Å². The Morgan fingerprint density at radius 1 is 1.18 bits per heavy atom. The molecule has 2 heterocycles. The van der Waals surface area contributed by atoms with Gasteiger partial charge in [0.25, 0.3) is 0 Å². The van der Waals surface area contributed by atoms with E-state index >= 15 is 0 Å². The smallest absolute Gasteiger partial charge is 0.315 e. The fourth-order valence-corrected chi connectivity index (χ4v) is 3.07. The number of nitrogens with one attached hydrogen (secondary N) is 2. The van der Waals surface area contributed by atoms with Crippen LogP contribution in [0.5, 0.6) is 5.75 Å². The van der Waals surface area contributed by atoms with Gasteiger partial charge in [-0.25, -0.2) is 9.78 Å². The first-order chi connectivity index (χ1) is 13.6. The Kier molecular flexibility index (Phi) is 7.08. The van der Waals surface area contributed by atoms with Crippen molar-refractivity contribution in [2.24, 2.45) is 0 Å². The van der Waals surface area contributed by atoms with Gasteiger partial charge in [0.05, 0.1) is 19.8 Å². The number of benzene rings is 1.